The maximum absolute atomic E-state index is 5.60. The molecule has 0 saturated carbocycles. The van der Waals surface area contributed by atoms with Gasteiger partial charge in [0.1, 0.15) is 5.76 Å². The van der Waals surface area contributed by atoms with Gasteiger partial charge in [0.25, 0.3) is 5.22 Å². The molecule has 0 aliphatic heterocycles. The predicted molar refractivity (Wildman–Crippen MR) is 78.2 cm³/mol. The molecule has 0 aliphatic rings. The molecule has 0 spiro atoms. The van der Waals surface area contributed by atoms with Crippen molar-refractivity contribution in [2.45, 2.75) is 17.9 Å². The van der Waals surface area contributed by atoms with Gasteiger partial charge in [-0.25, -0.2) is 0 Å². The zero-order valence-electron chi connectivity index (χ0n) is 10.5. The predicted octanol–water partition coefficient (Wildman–Crippen LogP) is 4.09. The summed E-state index contributed by atoms with van der Waals surface area (Å²) in [5.41, 5.74) is 1.75. The molecule has 102 valence electrons. The van der Waals surface area contributed by atoms with E-state index in [1.54, 1.807) is 0 Å². The van der Waals surface area contributed by atoms with E-state index in [0.717, 1.165) is 21.5 Å². The summed E-state index contributed by atoms with van der Waals surface area (Å²) < 4.78 is 11.7. The quantitative estimate of drug-likeness (QED) is 0.659. The summed E-state index contributed by atoms with van der Waals surface area (Å²) in [6.07, 6.45) is 0. The first kappa shape index (κ1) is 13.4. The van der Waals surface area contributed by atoms with Crippen LogP contribution >= 0.6 is 27.7 Å². The van der Waals surface area contributed by atoms with Gasteiger partial charge in [-0.2, -0.15) is 0 Å². The fraction of sp³-hybridized carbons (Fsp3) is 0.154. The van der Waals surface area contributed by atoms with Crippen LogP contribution in [0.15, 0.2) is 49.0 Å². The molecule has 0 N–H and O–H groups in total. The monoisotopic (exact) mass is 351 g/mol. The van der Waals surface area contributed by atoms with Crippen molar-refractivity contribution in [3.8, 4) is 11.5 Å². The van der Waals surface area contributed by atoms with E-state index in [4.69, 9.17) is 8.94 Å². The van der Waals surface area contributed by atoms with Gasteiger partial charge in [0.15, 0.2) is 0 Å². The lowest BCUT2D eigenvalue weighted by Crippen LogP contribution is -1.76. The summed E-state index contributed by atoms with van der Waals surface area (Å²) >= 11 is 4.81. The highest BCUT2D eigenvalue weighted by Crippen LogP contribution is 2.26. The SMILES string of the molecule is Cc1cc(CSc2nnc(-c3ccc(Br)cc3)o2)on1. The number of benzene rings is 1. The summed E-state index contributed by atoms with van der Waals surface area (Å²) in [5, 5.41) is 12.4. The van der Waals surface area contributed by atoms with E-state index in [1.165, 1.54) is 11.8 Å². The van der Waals surface area contributed by atoms with Crippen LogP contribution in [0.2, 0.25) is 0 Å². The van der Waals surface area contributed by atoms with Crippen LogP contribution in [0, 0.1) is 6.92 Å². The van der Waals surface area contributed by atoms with Gasteiger partial charge < -0.3 is 8.94 Å². The molecule has 0 atom stereocenters. The summed E-state index contributed by atoms with van der Waals surface area (Å²) in [6, 6.07) is 9.60. The van der Waals surface area contributed by atoms with Crippen LogP contribution in [-0.4, -0.2) is 15.4 Å². The van der Waals surface area contributed by atoms with Gasteiger partial charge in [0.05, 0.1) is 11.4 Å². The average molecular weight is 352 g/mol. The third-order valence-corrected chi connectivity index (χ3v) is 3.88. The van der Waals surface area contributed by atoms with Crippen LogP contribution < -0.4 is 0 Å². The van der Waals surface area contributed by atoms with E-state index in [0.29, 0.717) is 16.9 Å². The maximum Gasteiger partial charge on any atom is 0.277 e. The Hall–Kier alpha value is -1.60. The topological polar surface area (TPSA) is 65.0 Å². The molecule has 5 nitrogen and oxygen atoms in total. The van der Waals surface area contributed by atoms with Crippen molar-refractivity contribution < 1.29 is 8.94 Å². The zero-order chi connectivity index (χ0) is 13.9. The molecule has 20 heavy (non-hydrogen) atoms. The van der Waals surface area contributed by atoms with Crippen molar-refractivity contribution in [2.24, 2.45) is 0 Å². The van der Waals surface area contributed by atoms with Gasteiger partial charge >= 0.3 is 0 Å². The van der Waals surface area contributed by atoms with Gasteiger partial charge in [-0.3, -0.25) is 0 Å². The first-order chi connectivity index (χ1) is 9.70. The number of aromatic nitrogens is 3. The summed E-state index contributed by atoms with van der Waals surface area (Å²) in [5.74, 6) is 1.91. The van der Waals surface area contributed by atoms with Crippen LogP contribution in [0.1, 0.15) is 11.5 Å². The van der Waals surface area contributed by atoms with Crippen molar-refractivity contribution in [3.05, 3.63) is 46.3 Å². The van der Waals surface area contributed by atoms with E-state index in [2.05, 4.69) is 31.3 Å². The van der Waals surface area contributed by atoms with Crippen LogP contribution in [0.4, 0.5) is 0 Å². The van der Waals surface area contributed by atoms with Gasteiger partial charge in [-0.05, 0) is 31.2 Å². The molecule has 0 bridgehead atoms. The molecule has 0 radical (unpaired) electrons. The number of hydrogen-bond acceptors (Lipinski definition) is 6. The molecular formula is C13H10BrN3O2S. The Kier molecular flexibility index (Phi) is 3.88. The highest BCUT2D eigenvalue weighted by atomic mass is 79.9. The lowest BCUT2D eigenvalue weighted by atomic mass is 10.2. The van der Waals surface area contributed by atoms with E-state index < -0.39 is 0 Å². The van der Waals surface area contributed by atoms with Gasteiger partial charge in [0.2, 0.25) is 5.89 Å². The Balaban J connectivity index is 1.69. The Morgan fingerprint density at radius 1 is 1.20 bits per heavy atom. The molecule has 0 amide bonds. The molecule has 2 aromatic heterocycles. The smallest absolute Gasteiger partial charge is 0.277 e. The molecule has 3 rings (SSSR count). The van der Waals surface area contributed by atoms with E-state index >= 15 is 0 Å². The summed E-state index contributed by atoms with van der Waals surface area (Å²) in [6.45, 7) is 1.88. The zero-order valence-corrected chi connectivity index (χ0v) is 12.9. The minimum Gasteiger partial charge on any atom is -0.411 e. The maximum atomic E-state index is 5.60. The Morgan fingerprint density at radius 3 is 2.70 bits per heavy atom. The molecule has 3 aromatic rings. The Labute approximate surface area is 127 Å². The van der Waals surface area contributed by atoms with Crippen LogP contribution in [0.3, 0.4) is 0 Å². The van der Waals surface area contributed by atoms with Gasteiger partial charge in [-0.15, -0.1) is 10.2 Å². The normalized spacial score (nSPS) is 10.9. The van der Waals surface area contributed by atoms with Crippen molar-refractivity contribution in [2.75, 3.05) is 0 Å². The molecule has 0 fully saturated rings. The number of thioether (sulfide) groups is 1. The molecule has 0 saturated heterocycles. The lowest BCUT2D eigenvalue weighted by Gasteiger charge is -1.94. The number of hydrogen-bond donors (Lipinski definition) is 0. The fourth-order valence-corrected chi connectivity index (χ4v) is 2.50. The lowest BCUT2D eigenvalue weighted by molar-refractivity contribution is 0.390. The van der Waals surface area contributed by atoms with Crippen molar-refractivity contribution in [1.29, 1.82) is 0 Å². The number of aryl methyl sites for hydroxylation is 1. The second-order valence-electron chi connectivity index (χ2n) is 4.10. The summed E-state index contributed by atoms with van der Waals surface area (Å²) in [4.78, 5) is 0. The largest absolute Gasteiger partial charge is 0.411 e. The molecule has 1 aromatic carbocycles. The van der Waals surface area contributed by atoms with Crippen LogP contribution in [0.25, 0.3) is 11.5 Å². The first-order valence-corrected chi connectivity index (χ1v) is 7.63. The average Bonchev–Trinajstić information content (AvgIpc) is 3.06. The molecule has 0 aliphatic carbocycles. The van der Waals surface area contributed by atoms with E-state index in [9.17, 15) is 0 Å². The second kappa shape index (κ2) is 5.80. The molecule has 2 heterocycles. The minimum absolute atomic E-state index is 0.508. The summed E-state index contributed by atoms with van der Waals surface area (Å²) in [7, 11) is 0. The van der Waals surface area contributed by atoms with Crippen molar-refractivity contribution >= 4 is 27.7 Å². The van der Waals surface area contributed by atoms with E-state index in [-0.39, 0.29) is 0 Å². The Morgan fingerprint density at radius 2 is 2.00 bits per heavy atom. The third-order valence-electron chi connectivity index (χ3n) is 2.51. The molecular weight excluding hydrogens is 342 g/mol. The number of halogens is 1. The standard InChI is InChI=1S/C13H10BrN3O2S/c1-8-6-11(19-17-8)7-20-13-16-15-12(18-13)9-2-4-10(14)5-3-9/h2-6H,7H2,1H3. The Bertz CT molecular complexity index is 708. The van der Waals surface area contributed by atoms with Crippen molar-refractivity contribution in [3.63, 3.8) is 0 Å². The van der Waals surface area contributed by atoms with Gasteiger partial charge in [-0.1, -0.05) is 32.8 Å². The van der Waals surface area contributed by atoms with Crippen molar-refractivity contribution in [1.82, 2.24) is 15.4 Å². The molecule has 0 unspecified atom stereocenters. The van der Waals surface area contributed by atoms with Crippen LogP contribution in [-0.2, 0) is 5.75 Å². The van der Waals surface area contributed by atoms with Gasteiger partial charge in [0, 0.05) is 16.1 Å². The second-order valence-corrected chi connectivity index (χ2v) is 5.95. The number of rotatable bonds is 4. The van der Waals surface area contributed by atoms with Crippen LogP contribution in [0.5, 0.6) is 0 Å². The fourth-order valence-electron chi connectivity index (χ4n) is 1.59. The highest BCUT2D eigenvalue weighted by molar-refractivity contribution is 9.10. The van der Waals surface area contributed by atoms with E-state index in [1.807, 2.05) is 37.3 Å². The minimum atomic E-state index is 0.508. The molecule has 7 heteroatoms. The first-order valence-electron chi connectivity index (χ1n) is 5.85. The highest BCUT2D eigenvalue weighted by Gasteiger charge is 2.10. The number of nitrogens with zero attached hydrogens (tertiary/aromatic N) is 3. The third kappa shape index (κ3) is 3.10.